The lowest BCUT2D eigenvalue weighted by atomic mass is 10.1. The number of aromatic nitrogens is 3. The van der Waals surface area contributed by atoms with E-state index in [9.17, 15) is 4.79 Å². The van der Waals surface area contributed by atoms with E-state index in [1.54, 1.807) is 22.9 Å². The highest BCUT2D eigenvalue weighted by molar-refractivity contribution is 5.92. The number of amides is 1. The largest absolute Gasteiger partial charge is 0.380 e. The van der Waals surface area contributed by atoms with Gasteiger partial charge in [0.2, 0.25) is 0 Å². The van der Waals surface area contributed by atoms with Crippen LogP contribution in [0.15, 0.2) is 6.20 Å². The van der Waals surface area contributed by atoms with Crippen LogP contribution in [0.1, 0.15) is 23.3 Å². The molecule has 1 atom stereocenters. The van der Waals surface area contributed by atoms with Crippen molar-refractivity contribution in [2.45, 2.75) is 25.5 Å². The molecule has 1 aliphatic heterocycles. The van der Waals surface area contributed by atoms with Crippen molar-refractivity contribution in [2.75, 3.05) is 26.7 Å². The Hall–Kier alpha value is -1.47. The van der Waals surface area contributed by atoms with Gasteiger partial charge in [0.15, 0.2) is 5.69 Å². The number of hydrogen-bond acceptors (Lipinski definition) is 5. The van der Waals surface area contributed by atoms with Crippen molar-refractivity contribution >= 4 is 5.91 Å². The van der Waals surface area contributed by atoms with Crippen LogP contribution in [0.2, 0.25) is 0 Å². The fourth-order valence-corrected chi connectivity index (χ4v) is 2.11. The van der Waals surface area contributed by atoms with Gasteiger partial charge in [-0.25, -0.2) is 0 Å². The molecule has 1 aliphatic rings. The third-order valence-corrected chi connectivity index (χ3v) is 3.11. The summed E-state index contributed by atoms with van der Waals surface area (Å²) in [5.41, 5.74) is 5.80. The molecule has 7 heteroatoms. The molecule has 1 unspecified atom stereocenters. The highest BCUT2D eigenvalue weighted by atomic mass is 16.5. The molecule has 1 aromatic heterocycles. The predicted octanol–water partition coefficient (Wildman–Crippen LogP) is -0.512. The number of methoxy groups -OCH3 is 1. The Kier molecular flexibility index (Phi) is 4.27. The van der Waals surface area contributed by atoms with Crippen molar-refractivity contribution in [3.63, 3.8) is 0 Å². The molecule has 1 fully saturated rings. The summed E-state index contributed by atoms with van der Waals surface area (Å²) in [5, 5.41) is 7.76. The van der Waals surface area contributed by atoms with E-state index in [2.05, 4.69) is 10.3 Å². The highest BCUT2D eigenvalue weighted by Crippen LogP contribution is 2.14. The zero-order valence-corrected chi connectivity index (χ0v) is 10.6. The van der Waals surface area contributed by atoms with Crippen LogP contribution in [-0.2, 0) is 11.3 Å². The molecular formula is C11H19N5O2. The zero-order valence-electron chi connectivity index (χ0n) is 10.6. The smallest absolute Gasteiger partial charge is 0.276 e. The zero-order chi connectivity index (χ0) is 13.0. The molecule has 2 N–H and O–H groups in total. The van der Waals surface area contributed by atoms with Crippen LogP contribution in [0.3, 0.4) is 0 Å². The lowest BCUT2D eigenvalue weighted by molar-refractivity contribution is 0.0265. The van der Waals surface area contributed by atoms with Gasteiger partial charge in [0.25, 0.3) is 5.91 Å². The molecule has 0 radical (unpaired) electrons. The summed E-state index contributed by atoms with van der Waals surface area (Å²) in [7, 11) is 1.68. The Labute approximate surface area is 106 Å². The highest BCUT2D eigenvalue weighted by Gasteiger charge is 2.25. The van der Waals surface area contributed by atoms with Crippen molar-refractivity contribution < 1.29 is 9.53 Å². The van der Waals surface area contributed by atoms with Crippen LogP contribution in [0.5, 0.6) is 0 Å². The quantitative estimate of drug-likeness (QED) is 0.781. The van der Waals surface area contributed by atoms with Gasteiger partial charge in [0, 0.05) is 26.7 Å². The average Bonchev–Trinajstić information content (AvgIpc) is 2.87. The second-order valence-electron chi connectivity index (χ2n) is 4.41. The first-order chi connectivity index (χ1) is 8.74. The van der Waals surface area contributed by atoms with Gasteiger partial charge in [-0.1, -0.05) is 5.21 Å². The molecule has 2 rings (SSSR count). The summed E-state index contributed by atoms with van der Waals surface area (Å²) in [6.07, 6.45) is 3.73. The number of hydrogen-bond donors (Lipinski definition) is 1. The van der Waals surface area contributed by atoms with E-state index in [4.69, 9.17) is 10.5 Å². The molecule has 0 saturated carbocycles. The monoisotopic (exact) mass is 253 g/mol. The molecule has 1 aromatic rings. The first-order valence-corrected chi connectivity index (χ1v) is 6.17. The van der Waals surface area contributed by atoms with E-state index in [0.29, 0.717) is 25.3 Å². The first kappa shape index (κ1) is 13.0. The minimum Gasteiger partial charge on any atom is -0.380 e. The normalized spacial score (nSPS) is 20.1. The predicted molar refractivity (Wildman–Crippen MR) is 65.0 cm³/mol. The molecule has 0 bridgehead atoms. The van der Waals surface area contributed by atoms with Crippen molar-refractivity contribution in [3.8, 4) is 0 Å². The Morgan fingerprint density at radius 3 is 3.22 bits per heavy atom. The molecule has 1 amide bonds. The Morgan fingerprint density at radius 2 is 2.50 bits per heavy atom. The van der Waals surface area contributed by atoms with Crippen molar-refractivity contribution in [1.29, 1.82) is 0 Å². The number of carbonyl (C=O) groups excluding carboxylic acids is 1. The molecular weight excluding hydrogens is 234 g/mol. The lowest BCUT2D eigenvalue weighted by Crippen LogP contribution is -2.43. The van der Waals surface area contributed by atoms with Crippen molar-refractivity contribution in [2.24, 2.45) is 5.73 Å². The van der Waals surface area contributed by atoms with E-state index in [0.717, 1.165) is 19.4 Å². The molecule has 0 aliphatic carbocycles. The molecule has 0 aromatic carbocycles. The van der Waals surface area contributed by atoms with E-state index < -0.39 is 0 Å². The number of nitrogens with two attached hydrogens (primary N) is 1. The maximum absolute atomic E-state index is 12.2. The molecule has 18 heavy (non-hydrogen) atoms. The third-order valence-electron chi connectivity index (χ3n) is 3.11. The average molecular weight is 253 g/mol. The third kappa shape index (κ3) is 2.85. The van der Waals surface area contributed by atoms with Gasteiger partial charge < -0.3 is 15.4 Å². The lowest BCUT2D eigenvalue weighted by Gasteiger charge is -2.31. The molecule has 1 saturated heterocycles. The van der Waals surface area contributed by atoms with Crippen molar-refractivity contribution in [1.82, 2.24) is 19.9 Å². The van der Waals surface area contributed by atoms with Gasteiger partial charge in [-0.15, -0.1) is 5.10 Å². The SMILES string of the molecule is COC1CCCN(C(=O)c2cn(CCN)nn2)C1. The number of piperidine rings is 1. The van der Waals surface area contributed by atoms with Crippen LogP contribution in [0.4, 0.5) is 0 Å². The number of rotatable bonds is 4. The summed E-state index contributed by atoms with van der Waals surface area (Å²) in [6, 6.07) is 0. The minimum atomic E-state index is -0.0833. The van der Waals surface area contributed by atoms with Gasteiger partial charge in [0.05, 0.1) is 18.8 Å². The van der Waals surface area contributed by atoms with Crippen LogP contribution in [0, 0.1) is 0 Å². The Bertz CT molecular complexity index is 406. The number of ether oxygens (including phenoxy) is 1. The van der Waals surface area contributed by atoms with E-state index in [1.165, 1.54) is 0 Å². The fourth-order valence-electron chi connectivity index (χ4n) is 2.11. The van der Waals surface area contributed by atoms with Crippen LogP contribution in [-0.4, -0.2) is 58.6 Å². The number of carbonyl (C=O) groups is 1. The van der Waals surface area contributed by atoms with Gasteiger partial charge in [-0.3, -0.25) is 9.48 Å². The van der Waals surface area contributed by atoms with Crippen LogP contribution >= 0.6 is 0 Å². The molecule has 7 nitrogen and oxygen atoms in total. The maximum atomic E-state index is 12.2. The summed E-state index contributed by atoms with van der Waals surface area (Å²) in [5.74, 6) is -0.0833. The second-order valence-corrected chi connectivity index (χ2v) is 4.41. The molecule has 0 spiro atoms. The second kappa shape index (κ2) is 5.92. The summed E-state index contributed by atoms with van der Waals surface area (Å²) in [6.45, 7) is 2.43. The van der Waals surface area contributed by atoms with Gasteiger partial charge in [0.1, 0.15) is 0 Å². The van der Waals surface area contributed by atoms with E-state index in [1.807, 2.05) is 0 Å². The molecule has 2 heterocycles. The molecule has 100 valence electrons. The summed E-state index contributed by atoms with van der Waals surface area (Å²) in [4.78, 5) is 14.0. The van der Waals surface area contributed by atoms with Gasteiger partial charge >= 0.3 is 0 Å². The van der Waals surface area contributed by atoms with Crippen molar-refractivity contribution in [3.05, 3.63) is 11.9 Å². The minimum absolute atomic E-state index is 0.0833. The van der Waals surface area contributed by atoms with Gasteiger partial charge in [-0.2, -0.15) is 0 Å². The summed E-state index contributed by atoms with van der Waals surface area (Å²) < 4.78 is 6.89. The number of nitrogens with zero attached hydrogens (tertiary/aromatic N) is 4. The first-order valence-electron chi connectivity index (χ1n) is 6.17. The standard InChI is InChI=1S/C11H19N5O2/c1-18-9-3-2-5-15(7-9)11(17)10-8-16(6-4-12)14-13-10/h8-9H,2-7,12H2,1H3. The van der Waals surface area contributed by atoms with Crippen LogP contribution in [0.25, 0.3) is 0 Å². The topological polar surface area (TPSA) is 86.3 Å². The van der Waals surface area contributed by atoms with Gasteiger partial charge in [-0.05, 0) is 12.8 Å². The van der Waals surface area contributed by atoms with Crippen LogP contribution < -0.4 is 5.73 Å². The Balaban J connectivity index is 2.00. The summed E-state index contributed by atoms with van der Waals surface area (Å²) >= 11 is 0. The fraction of sp³-hybridized carbons (Fsp3) is 0.727. The van der Waals surface area contributed by atoms with E-state index >= 15 is 0 Å². The number of likely N-dealkylation sites (tertiary alicyclic amines) is 1. The van der Waals surface area contributed by atoms with E-state index in [-0.39, 0.29) is 12.0 Å². The Morgan fingerprint density at radius 1 is 1.67 bits per heavy atom. The maximum Gasteiger partial charge on any atom is 0.276 e.